The van der Waals surface area contributed by atoms with Crippen LogP contribution in [-0.4, -0.2) is 35.4 Å². The normalized spacial score (nSPS) is 17.8. The molecule has 118 valence electrons. The summed E-state index contributed by atoms with van der Waals surface area (Å²) in [5, 5.41) is 4.76. The number of rotatable bonds is 6. The van der Waals surface area contributed by atoms with Crippen LogP contribution in [0.5, 0.6) is 5.75 Å². The third-order valence-electron chi connectivity index (χ3n) is 3.28. The molecule has 1 fully saturated rings. The van der Waals surface area contributed by atoms with Crippen LogP contribution in [-0.2, 0) is 9.59 Å². The van der Waals surface area contributed by atoms with Crippen molar-refractivity contribution < 1.29 is 19.1 Å². The van der Waals surface area contributed by atoms with Crippen LogP contribution in [0, 0.1) is 0 Å². The molecule has 1 aromatic rings. The van der Waals surface area contributed by atoms with Crippen LogP contribution in [0.3, 0.4) is 0 Å². The van der Waals surface area contributed by atoms with E-state index in [0.717, 1.165) is 12.8 Å². The third-order valence-corrected chi connectivity index (χ3v) is 3.28. The van der Waals surface area contributed by atoms with E-state index < -0.39 is 17.9 Å². The molecule has 0 aliphatic carbocycles. The topological polar surface area (TPSA) is 97.4 Å². The van der Waals surface area contributed by atoms with Crippen LogP contribution in [0.4, 0.5) is 0 Å². The van der Waals surface area contributed by atoms with Gasteiger partial charge in [0.2, 0.25) is 11.8 Å². The molecular formula is C15H19N3O4. The fraction of sp³-hybridized carbons (Fsp3) is 0.467. The van der Waals surface area contributed by atoms with Crippen molar-refractivity contribution in [2.45, 2.75) is 38.6 Å². The molecule has 0 spiro atoms. The number of piperidine rings is 1. The van der Waals surface area contributed by atoms with Gasteiger partial charge in [-0.3, -0.25) is 19.7 Å². The quantitative estimate of drug-likeness (QED) is 0.598. The summed E-state index contributed by atoms with van der Waals surface area (Å²) in [5.74, 6) is -0.646. The second-order valence-electron chi connectivity index (χ2n) is 5.06. The van der Waals surface area contributed by atoms with Gasteiger partial charge >= 0.3 is 0 Å². The van der Waals surface area contributed by atoms with Gasteiger partial charge in [-0.05, 0) is 25.0 Å². The SMILES string of the molecule is CCCCOc1ccc(C(=O)NC2CCC(=O)NC2=O)nc1. The van der Waals surface area contributed by atoms with Crippen LogP contribution in [0.2, 0.25) is 0 Å². The van der Waals surface area contributed by atoms with Crippen molar-refractivity contribution in [3.05, 3.63) is 24.0 Å². The Kier molecular flexibility index (Phi) is 5.46. The summed E-state index contributed by atoms with van der Waals surface area (Å²) in [7, 11) is 0. The summed E-state index contributed by atoms with van der Waals surface area (Å²) < 4.78 is 5.46. The monoisotopic (exact) mass is 305 g/mol. The number of amides is 3. The minimum atomic E-state index is -0.701. The number of hydrogen-bond donors (Lipinski definition) is 2. The molecular weight excluding hydrogens is 286 g/mol. The van der Waals surface area contributed by atoms with Crippen molar-refractivity contribution in [1.29, 1.82) is 0 Å². The number of carbonyl (C=O) groups excluding carboxylic acids is 3. The Labute approximate surface area is 128 Å². The number of carbonyl (C=O) groups is 3. The molecule has 0 aromatic carbocycles. The van der Waals surface area contributed by atoms with Crippen LogP contribution in [0.1, 0.15) is 43.1 Å². The Balaban J connectivity index is 1.89. The molecule has 1 unspecified atom stereocenters. The first kappa shape index (κ1) is 15.9. The zero-order chi connectivity index (χ0) is 15.9. The lowest BCUT2D eigenvalue weighted by Gasteiger charge is -2.21. The Bertz CT molecular complexity index is 556. The fourth-order valence-corrected chi connectivity index (χ4v) is 2.00. The standard InChI is InChI=1S/C15H19N3O4/c1-2-3-8-22-10-4-5-11(16-9-10)14(20)17-12-6-7-13(19)18-15(12)21/h4-5,9,12H,2-3,6-8H2,1H3,(H,17,20)(H,18,19,21). The average Bonchev–Trinajstić information content (AvgIpc) is 2.51. The summed E-state index contributed by atoms with van der Waals surface area (Å²) in [6.45, 7) is 2.68. The van der Waals surface area contributed by atoms with E-state index in [1.165, 1.54) is 6.20 Å². The predicted octanol–water partition coefficient (Wildman–Crippen LogP) is 0.795. The first-order valence-electron chi connectivity index (χ1n) is 7.33. The van der Waals surface area contributed by atoms with Gasteiger partial charge in [0.15, 0.2) is 0 Å². The lowest BCUT2D eigenvalue weighted by Crippen LogP contribution is -2.52. The molecule has 7 nitrogen and oxygen atoms in total. The third kappa shape index (κ3) is 4.28. The molecule has 3 amide bonds. The van der Waals surface area contributed by atoms with E-state index in [2.05, 4.69) is 22.5 Å². The maximum absolute atomic E-state index is 12.0. The molecule has 0 saturated carbocycles. The van der Waals surface area contributed by atoms with Crippen molar-refractivity contribution in [3.8, 4) is 5.75 Å². The number of pyridine rings is 1. The summed E-state index contributed by atoms with van der Waals surface area (Å²) in [5.41, 5.74) is 0.201. The van der Waals surface area contributed by atoms with Crippen molar-refractivity contribution in [1.82, 2.24) is 15.6 Å². The Morgan fingerprint density at radius 3 is 2.91 bits per heavy atom. The molecule has 2 heterocycles. The van der Waals surface area contributed by atoms with Crippen LogP contribution < -0.4 is 15.4 Å². The first-order chi connectivity index (χ1) is 10.6. The second-order valence-corrected chi connectivity index (χ2v) is 5.06. The fourth-order valence-electron chi connectivity index (χ4n) is 2.00. The molecule has 2 N–H and O–H groups in total. The van der Waals surface area contributed by atoms with E-state index in [0.29, 0.717) is 18.8 Å². The van der Waals surface area contributed by atoms with E-state index in [1.807, 2.05) is 0 Å². The second kappa shape index (κ2) is 7.53. The number of aromatic nitrogens is 1. The largest absolute Gasteiger partial charge is 0.492 e. The van der Waals surface area contributed by atoms with E-state index in [4.69, 9.17) is 4.74 Å². The highest BCUT2D eigenvalue weighted by molar-refractivity contribution is 6.03. The number of unbranched alkanes of at least 4 members (excludes halogenated alkanes) is 1. The average molecular weight is 305 g/mol. The Hall–Kier alpha value is -2.44. The molecule has 22 heavy (non-hydrogen) atoms. The van der Waals surface area contributed by atoms with Crippen LogP contribution in [0.15, 0.2) is 18.3 Å². The molecule has 2 rings (SSSR count). The highest BCUT2D eigenvalue weighted by Gasteiger charge is 2.28. The lowest BCUT2D eigenvalue weighted by molar-refractivity contribution is -0.134. The molecule has 1 aliphatic heterocycles. The molecule has 1 atom stereocenters. The van der Waals surface area contributed by atoms with Crippen LogP contribution >= 0.6 is 0 Å². The lowest BCUT2D eigenvalue weighted by atomic mass is 10.1. The van der Waals surface area contributed by atoms with Gasteiger partial charge in [-0.15, -0.1) is 0 Å². The molecule has 1 aromatic heterocycles. The van der Waals surface area contributed by atoms with Crippen molar-refractivity contribution >= 4 is 17.7 Å². The predicted molar refractivity (Wildman–Crippen MR) is 78.3 cm³/mol. The smallest absolute Gasteiger partial charge is 0.270 e. The van der Waals surface area contributed by atoms with Crippen LogP contribution in [0.25, 0.3) is 0 Å². The maximum Gasteiger partial charge on any atom is 0.270 e. The van der Waals surface area contributed by atoms with Gasteiger partial charge in [-0.25, -0.2) is 4.98 Å². The zero-order valence-electron chi connectivity index (χ0n) is 12.4. The van der Waals surface area contributed by atoms with Gasteiger partial charge in [0, 0.05) is 6.42 Å². The highest BCUT2D eigenvalue weighted by Crippen LogP contribution is 2.11. The van der Waals surface area contributed by atoms with Crippen molar-refractivity contribution in [3.63, 3.8) is 0 Å². The number of imide groups is 1. The van der Waals surface area contributed by atoms with Gasteiger partial charge in [0.05, 0.1) is 12.8 Å². The Morgan fingerprint density at radius 2 is 2.27 bits per heavy atom. The summed E-state index contributed by atoms with van der Waals surface area (Å²) >= 11 is 0. The minimum absolute atomic E-state index is 0.201. The van der Waals surface area contributed by atoms with Crippen molar-refractivity contribution in [2.75, 3.05) is 6.61 Å². The molecule has 1 aliphatic rings. The summed E-state index contributed by atoms with van der Waals surface area (Å²) in [4.78, 5) is 38.7. The molecule has 1 saturated heterocycles. The number of nitrogens with one attached hydrogen (secondary N) is 2. The minimum Gasteiger partial charge on any atom is -0.492 e. The van der Waals surface area contributed by atoms with E-state index in [9.17, 15) is 14.4 Å². The number of hydrogen-bond acceptors (Lipinski definition) is 5. The number of ether oxygens (including phenoxy) is 1. The summed E-state index contributed by atoms with van der Waals surface area (Å²) in [6.07, 6.45) is 4.00. The van der Waals surface area contributed by atoms with E-state index >= 15 is 0 Å². The van der Waals surface area contributed by atoms with Gasteiger partial charge in [-0.1, -0.05) is 13.3 Å². The van der Waals surface area contributed by atoms with Gasteiger partial charge in [0.1, 0.15) is 17.5 Å². The van der Waals surface area contributed by atoms with Gasteiger partial charge in [-0.2, -0.15) is 0 Å². The molecule has 0 bridgehead atoms. The first-order valence-corrected chi connectivity index (χ1v) is 7.33. The van der Waals surface area contributed by atoms with Gasteiger partial charge < -0.3 is 10.1 Å². The van der Waals surface area contributed by atoms with E-state index in [-0.39, 0.29) is 18.0 Å². The molecule has 7 heteroatoms. The van der Waals surface area contributed by atoms with Crippen molar-refractivity contribution in [2.24, 2.45) is 0 Å². The highest BCUT2D eigenvalue weighted by atomic mass is 16.5. The Morgan fingerprint density at radius 1 is 1.45 bits per heavy atom. The number of nitrogens with zero attached hydrogens (tertiary/aromatic N) is 1. The maximum atomic E-state index is 12.0. The summed E-state index contributed by atoms with van der Waals surface area (Å²) in [6, 6.07) is 2.51. The van der Waals surface area contributed by atoms with E-state index in [1.54, 1.807) is 12.1 Å². The zero-order valence-corrected chi connectivity index (χ0v) is 12.4. The molecule has 0 radical (unpaired) electrons. The van der Waals surface area contributed by atoms with Gasteiger partial charge in [0.25, 0.3) is 5.91 Å².